The fourth-order valence-electron chi connectivity index (χ4n) is 3.14. The Morgan fingerprint density at radius 1 is 1.12 bits per heavy atom. The number of hydrogen-bond acceptors (Lipinski definition) is 3. The minimum atomic E-state index is 0.158. The molecule has 5 nitrogen and oxygen atoms in total. The number of rotatable bonds is 5. The molecule has 0 spiro atoms. The highest BCUT2D eigenvalue weighted by Gasteiger charge is 2.21. The summed E-state index contributed by atoms with van der Waals surface area (Å²) in [6.07, 6.45) is 4.35. The summed E-state index contributed by atoms with van der Waals surface area (Å²) in [6.45, 7) is 8.63. The molecule has 25 heavy (non-hydrogen) atoms. The van der Waals surface area contributed by atoms with E-state index in [1.807, 2.05) is 43.0 Å². The molecule has 3 rings (SSSR count). The SMILES string of the molecule is Cc1cc(C)n(CC(=O)N2CCN(C/C=C/c3ccccc3)CC2)n1. The monoisotopic (exact) mass is 338 g/mol. The van der Waals surface area contributed by atoms with Crippen LogP contribution in [0.15, 0.2) is 42.5 Å². The van der Waals surface area contributed by atoms with Gasteiger partial charge in [-0.1, -0.05) is 42.5 Å². The average molecular weight is 338 g/mol. The zero-order valence-corrected chi connectivity index (χ0v) is 15.1. The van der Waals surface area contributed by atoms with Gasteiger partial charge in [-0.3, -0.25) is 14.4 Å². The van der Waals surface area contributed by atoms with Crippen molar-refractivity contribution >= 4 is 12.0 Å². The van der Waals surface area contributed by atoms with Crippen molar-refractivity contribution in [1.29, 1.82) is 0 Å². The van der Waals surface area contributed by atoms with Crippen molar-refractivity contribution in [2.75, 3.05) is 32.7 Å². The van der Waals surface area contributed by atoms with Crippen LogP contribution >= 0.6 is 0 Å². The van der Waals surface area contributed by atoms with Gasteiger partial charge in [0.2, 0.25) is 5.91 Å². The van der Waals surface area contributed by atoms with Gasteiger partial charge in [0.15, 0.2) is 0 Å². The van der Waals surface area contributed by atoms with Gasteiger partial charge in [0.25, 0.3) is 0 Å². The highest BCUT2D eigenvalue weighted by atomic mass is 16.2. The van der Waals surface area contributed by atoms with Gasteiger partial charge < -0.3 is 4.90 Å². The second-order valence-electron chi connectivity index (χ2n) is 6.58. The van der Waals surface area contributed by atoms with Crippen LogP contribution < -0.4 is 0 Å². The standard InChI is InChI=1S/C20H26N4O/c1-17-15-18(2)24(21-17)16-20(25)23-13-11-22(12-14-23)10-6-9-19-7-4-3-5-8-19/h3-9,15H,10-14,16H2,1-2H3/b9-6+. The molecule has 0 unspecified atom stereocenters. The predicted octanol–water partition coefficient (Wildman–Crippen LogP) is 2.36. The smallest absolute Gasteiger partial charge is 0.244 e. The summed E-state index contributed by atoms with van der Waals surface area (Å²) in [6, 6.07) is 12.3. The Morgan fingerprint density at radius 3 is 2.48 bits per heavy atom. The number of carbonyl (C=O) groups is 1. The first kappa shape index (κ1) is 17.4. The Bertz CT molecular complexity index is 727. The summed E-state index contributed by atoms with van der Waals surface area (Å²) in [7, 11) is 0. The first-order chi connectivity index (χ1) is 12.1. The van der Waals surface area contributed by atoms with E-state index in [0.29, 0.717) is 6.54 Å². The summed E-state index contributed by atoms with van der Waals surface area (Å²) in [4.78, 5) is 16.8. The quantitative estimate of drug-likeness (QED) is 0.840. The Morgan fingerprint density at radius 2 is 1.84 bits per heavy atom. The lowest BCUT2D eigenvalue weighted by Crippen LogP contribution is -2.49. The minimum absolute atomic E-state index is 0.158. The molecule has 1 aliphatic rings. The fraction of sp³-hybridized carbons (Fsp3) is 0.400. The number of benzene rings is 1. The summed E-state index contributed by atoms with van der Waals surface area (Å²) < 4.78 is 1.80. The largest absolute Gasteiger partial charge is 0.339 e. The van der Waals surface area contributed by atoms with E-state index >= 15 is 0 Å². The maximum atomic E-state index is 12.5. The molecule has 1 amide bonds. The summed E-state index contributed by atoms with van der Waals surface area (Å²) >= 11 is 0. The normalized spacial score (nSPS) is 15.8. The molecule has 2 aromatic rings. The van der Waals surface area contributed by atoms with Crippen LogP contribution in [0, 0.1) is 13.8 Å². The third kappa shape index (κ3) is 4.79. The van der Waals surface area contributed by atoms with E-state index in [1.165, 1.54) is 5.56 Å². The maximum Gasteiger partial charge on any atom is 0.244 e. The summed E-state index contributed by atoms with van der Waals surface area (Å²) in [5.41, 5.74) is 3.22. The van der Waals surface area contributed by atoms with Crippen LogP contribution in [-0.2, 0) is 11.3 Å². The van der Waals surface area contributed by atoms with Crippen LogP contribution in [0.4, 0.5) is 0 Å². The number of nitrogens with zero attached hydrogens (tertiary/aromatic N) is 4. The second-order valence-corrected chi connectivity index (χ2v) is 6.58. The summed E-state index contributed by atoms with van der Waals surface area (Å²) in [5, 5.41) is 4.38. The first-order valence-corrected chi connectivity index (χ1v) is 8.84. The molecule has 1 aromatic carbocycles. The van der Waals surface area contributed by atoms with Gasteiger partial charge in [-0.25, -0.2) is 0 Å². The molecule has 1 aliphatic heterocycles. The van der Waals surface area contributed by atoms with Crippen LogP contribution in [0.2, 0.25) is 0 Å². The van der Waals surface area contributed by atoms with Crippen molar-refractivity contribution in [3.05, 3.63) is 59.4 Å². The molecule has 0 aliphatic carbocycles. The third-order valence-corrected chi connectivity index (χ3v) is 4.59. The van der Waals surface area contributed by atoms with Crippen LogP contribution in [0.1, 0.15) is 17.0 Å². The molecule has 0 atom stereocenters. The number of hydrogen-bond donors (Lipinski definition) is 0. The van der Waals surface area contributed by atoms with Crippen molar-refractivity contribution in [1.82, 2.24) is 19.6 Å². The van der Waals surface area contributed by atoms with Gasteiger partial charge >= 0.3 is 0 Å². The molecule has 0 saturated carbocycles. The van der Waals surface area contributed by atoms with Crippen molar-refractivity contribution in [3.63, 3.8) is 0 Å². The Balaban J connectivity index is 1.44. The number of carbonyl (C=O) groups excluding carboxylic acids is 1. The van der Waals surface area contributed by atoms with Crippen molar-refractivity contribution in [3.8, 4) is 0 Å². The lowest BCUT2D eigenvalue weighted by atomic mass is 10.2. The molecular formula is C20H26N4O. The van der Waals surface area contributed by atoms with E-state index < -0.39 is 0 Å². The first-order valence-electron chi connectivity index (χ1n) is 8.84. The minimum Gasteiger partial charge on any atom is -0.339 e. The number of aryl methyl sites for hydroxylation is 2. The van der Waals surface area contributed by atoms with E-state index in [4.69, 9.17) is 0 Å². The molecular weight excluding hydrogens is 312 g/mol. The molecule has 2 heterocycles. The van der Waals surface area contributed by atoms with Crippen LogP contribution in [-0.4, -0.2) is 58.2 Å². The lowest BCUT2D eigenvalue weighted by Gasteiger charge is -2.34. The Hall–Kier alpha value is -2.40. The zero-order chi connectivity index (χ0) is 17.6. The molecule has 0 radical (unpaired) electrons. The molecule has 1 fully saturated rings. The van der Waals surface area contributed by atoms with E-state index in [2.05, 4.69) is 34.3 Å². The van der Waals surface area contributed by atoms with E-state index in [0.717, 1.165) is 44.1 Å². The number of amides is 1. The van der Waals surface area contributed by atoms with Gasteiger partial charge in [0.05, 0.1) is 5.69 Å². The Kier molecular flexibility index (Phi) is 5.66. The van der Waals surface area contributed by atoms with Crippen molar-refractivity contribution in [2.45, 2.75) is 20.4 Å². The molecule has 0 N–H and O–H groups in total. The van der Waals surface area contributed by atoms with Crippen molar-refractivity contribution < 1.29 is 4.79 Å². The van der Waals surface area contributed by atoms with Gasteiger partial charge in [0, 0.05) is 38.4 Å². The number of piperazine rings is 1. The highest BCUT2D eigenvalue weighted by molar-refractivity contribution is 5.76. The molecule has 132 valence electrons. The van der Waals surface area contributed by atoms with Crippen molar-refractivity contribution in [2.24, 2.45) is 0 Å². The average Bonchev–Trinajstić information content (AvgIpc) is 2.93. The molecule has 1 aromatic heterocycles. The van der Waals surface area contributed by atoms with Crippen LogP contribution in [0.25, 0.3) is 6.08 Å². The predicted molar refractivity (Wildman–Crippen MR) is 100 cm³/mol. The zero-order valence-electron chi connectivity index (χ0n) is 15.1. The Labute approximate surface area is 149 Å². The highest BCUT2D eigenvalue weighted by Crippen LogP contribution is 2.07. The van der Waals surface area contributed by atoms with E-state index in [-0.39, 0.29) is 5.91 Å². The molecule has 5 heteroatoms. The topological polar surface area (TPSA) is 41.4 Å². The summed E-state index contributed by atoms with van der Waals surface area (Å²) in [5.74, 6) is 0.158. The second kappa shape index (κ2) is 8.12. The molecule has 0 bridgehead atoms. The molecule has 1 saturated heterocycles. The van der Waals surface area contributed by atoms with Crippen LogP contribution in [0.5, 0.6) is 0 Å². The maximum absolute atomic E-state index is 12.5. The van der Waals surface area contributed by atoms with E-state index in [9.17, 15) is 4.79 Å². The fourth-order valence-corrected chi connectivity index (χ4v) is 3.14. The van der Waals surface area contributed by atoms with E-state index in [1.54, 1.807) is 4.68 Å². The number of aromatic nitrogens is 2. The van der Waals surface area contributed by atoms with Crippen LogP contribution in [0.3, 0.4) is 0 Å². The third-order valence-electron chi connectivity index (χ3n) is 4.59. The van der Waals surface area contributed by atoms with Gasteiger partial charge in [-0.05, 0) is 25.5 Å². The lowest BCUT2D eigenvalue weighted by molar-refractivity contribution is -0.133. The van der Waals surface area contributed by atoms with Gasteiger partial charge in [-0.2, -0.15) is 5.10 Å². The van der Waals surface area contributed by atoms with Gasteiger partial charge in [-0.15, -0.1) is 0 Å². The van der Waals surface area contributed by atoms with Gasteiger partial charge in [0.1, 0.15) is 6.54 Å².